The Morgan fingerprint density at radius 1 is 1.27 bits per heavy atom. The Morgan fingerprint density at radius 2 is 2.00 bits per heavy atom. The molecule has 1 aromatic heterocycles. The number of carboxylic acids is 1. The normalized spacial score (nSPS) is 11.4. The first-order chi connectivity index (χ1) is 10.3. The van der Waals surface area contributed by atoms with Gasteiger partial charge in [0.05, 0.1) is 11.8 Å². The predicted molar refractivity (Wildman–Crippen MR) is 84.3 cm³/mol. The van der Waals surface area contributed by atoms with Crippen LogP contribution < -0.4 is 9.46 Å². The fourth-order valence-electron chi connectivity index (χ4n) is 1.76. The number of carbonyl (C=O) groups is 1. The summed E-state index contributed by atoms with van der Waals surface area (Å²) < 4.78 is 32.6. The number of rotatable bonds is 6. The average Bonchev–Trinajstić information content (AvgIpc) is 2.94. The SMILES string of the molecule is CC(C)Oc1c(NS(=O)(=O)c2cccs2)cccc1C(=O)O. The molecule has 0 atom stereocenters. The summed E-state index contributed by atoms with van der Waals surface area (Å²) in [5.41, 5.74) is 0.00193. The van der Waals surface area contributed by atoms with E-state index < -0.39 is 16.0 Å². The summed E-state index contributed by atoms with van der Waals surface area (Å²) in [6.07, 6.45) is -0.300. The van der Waals surface area contributed by atoms with Gasteiger partial charge < -0.3 is 9.84 Å². The van der Waals surface area contributed by atoms with Crippen LogP contribution in [0.2, 0.25) is 0 Å². The summed E-state index contributed by atoms with van der Waals surface area (Å²) in [6, 6.07) is 7.39. The Bertz CT molecular complexity index is 767. The van der Waals surface area contributed by atoms with Gasteiger partial charge >= 0.3 is 5.97 Å². The Kier molecular flexibility index (Phi) is 4.72. The van der Waals surface area contributed by atoms with E-state index in [1.54, 1.807) is 25.3 Å². The number of para-hydroxylation sites is 1. The molecular formula is C14H15NO5S2. The standard InChI is InChI=1S/C14H15NO5S2/c1-9(2)20-13-10(14(16)17)5-3-6-11(13)15-22(18,19)12-7-4-8-21-12/h3-9,15H,1-2H3,(H,16,17). The van der Waals surface area contributed by atoms with E-state index in [9.17, 15) is 18.3 Å². The zero-order chi connectivity index (χ0) is 16.3. The van der Waals surface area contributed by atoms with Crippen LogP contribution >= 0.6 is 11.3 Å². The van der Waals surface area contributed by atoms with Gasteiger partial charge in [0.15, 0.2) is 5.75 Å². The number of anilines is 1. The first kappa shape index (κ1) is 16.3. The maximum atomic E-state index is 12.3. The van der Waals surface area contributed by atoms with Crippen molar-refractivity contribution in [2.45, 2.75) is 24.2 Å². The lowest BCUT2D eigenvalue weighted by Gasteiger charge is -2.17. The van der Waals surface area contributed by atoms with Crippen molar-refractivity contribution >= 4 is 33.0 Å². The van der Waals surface area contributed by atoms with Crippen molar-refractivity contribution in [3.05, 3.63) is 41.3 Å². The largest absolute Gasteiger partial charge is 0.488 e. The minimum atomic E-state index is -3.78. The molecule has 0 saturated heterocycles. The Labute approximate surface area is 132 Å². The van der Waals surface area contributed by atoms with Gasteiger partial charge in [-0.25, -0.2) is 13.2 Å². The molecule has 0 amide bonds. The molecule has 1 aromatic carbocycles. The van der Waals surface area contributed by atoms with Gasteiger partial charge in [-0.15, -0.1) is 11.3 Å². The van der Waals surface area contributed by atoms with Crippen LogP contribution in [0, 0.1) is 0 Å². The lowest BCUT2D eigenvalue weighted by Crippen LogP contribution is -2.16. The van der Waals surface area contributed by atoms with Gasteiger partial charge in [0, 0.05) is 0 Å². The van der Waals surface area contributed by atoms with Crippen molar-refractivity contribution in [2.75, 3.05) is 4.72 Å². The van der Waals surface area contributed by atoms with Gasteiger partial charge in [-0.2, -0.15) is 0 Å². The molecule has 0 aliphatic heterocycles. The number of hydrogen-bond donors (Lipinski definition) is 2. The molecule has 0 unspecified atom stereocenters. The molecule has 2 aromatic rings. The molecule has 6 nitrogen and oxygen atoms in total. The quantitative estimate of drug-likeness (QED) is 0.842. The van der Waals surface area contributed by atoms with Gasteiger partial charge in [0.25, 0.3) is 10.0 Å². The second kappa shape index (κ2) is 6.37. The van der Waals surface area contributed by atoms with Gasteiger partial charge in [-0.3, -0.25) is 4.72 Å². The number of nitrogens with one attached hydrogen (secondary N) is 1. The second-order valence-corrected chi connectivity index (χ2v) is 7.55. The molecule has 118 valence electrons. The van der Waals surface area contributed by atoms with Crippen LogP contribution in [0.15, 0.2) is 39.9 Å². The molecular weight excluding hydrogens is 326 g/mol. The van der Waals surface area contributed by atoms with Crippen molar-refractivity contribution in [3.63, 3.8) is 0 Å². The number of hydrogen-bond acceptors (Lipinski definition) is 5. The number of ether oxygens (including phenoxy) is 1. The van der Waals surface area contributed by atoms with Crippen LogP contribution in [-0.4, -0.2) is 25.6 Å². The van der Waals surface area contributed by atoms with Gasteiger partial charge in [-0.05, 0) is 37.4 Å². The number of benzene rings is 1. The van der Waals surface area contributed by atoms with Crippen LogP contribution in [0.1, 0.15) is 24.2 Å². The lowest BCUT2D eigenvalue weighted by molar-refractivity contribution is 0.0690. The number of thiophene rings is 1. The van der Waals surface area contributed by atoms with Gasteiger partial charge in [0.1, 0.15) is 9.77 Å². The van der Waals surface area contributed by atoms with Crippen molar-refractivity contribution < 1.29 is 23.1 Å². The first-order valence-electron chi connectivity index (χ1n) is 6.40. The van der Waals surface area contributed by atoms with Crippen molar-refractivity contribution in [1.29, 1.82) is 0 Å². The minimum absolute atomic E-state index is 0.00475. The Balaban J connectivity index is 2.47. The van der Waals surface area contributed by atoms with E-state index >= 15 is 0 Å². The fraction of sp³-hybridized carbons (Fsp3) is 0.214. The van der Waals surface area contributed by atoms with Crippen LogP contribution in [0.4, 0.5) is 5.69 Å². The van der Waals surface area contributed by atoms with E-state index in [4.69, 9.17) is 4.74 Å². The summed E-state index contributed by atoms with van der Waals surface area (Å²) in [5.74, 6) is -1.18. The zero-order valence-electron chi connectivity index (χ0n) is 11.9. The van der Waals surface area contributed by atoms with Crippen molar-refractivity contribution in [3.8, 4) is 5.75 Å². The molecule has 8 heteroatoms. The van der Waals surface area contributed by atoms with E-state index in [0.717, 1.165) is 11.3 Å². The topological polar surface area (TPSA) is 92.7 Å². The first-order valence-corrected chi connectivity index (χ1v) is 8.77. The maximum absolute atomic E-state index is 12.3. The van der Waals surface area contributed by atoms with E-state index in [1.165, 1.54) is 24.3 Å². The monoisotopic (exact) mass is 341 g/mol. The lowest BCUT2D eigenvalue weighted by atomic mass is 10.1. The third kappa shape index (κ3) is 3.58. The van der Waals surface area contributed by atoms with Gasteiger partial charge in [-0.1, -0.05) is 12.1 Å². The second-order valence-electron chi connectivity index (χ2n) is 4.69. The molecule has 0 saturated carbocycles. The van der Waals surface area contributed by atoms with E-state index in [0.29, 0.717) is 0 Å². The number of sulfonamides is 1. The number of carboxylic acid groups (broad SMARTS) is 1. The van der Waals surface area contributed by atoms with Gasteiger partial charge in [0.2, 0.25) is 0 Å². The van der Waals surface area contributed by atoms with E-state index in [1.807, 2.05) is 0 Å². The molecule has 1 heterocycles. The van der Waals surface area contributed by atoms with Crippen LogP contribution in [0.3, 0.4) is 0 Å². The summed E-state index contributed by atoms with van der Waals surface area (Å²) in [4.78, 5) is 11.3. The highest BCUT2D eigenvalue weighted by molar-refractivity contribution is 7.94. The molecule has 2 N–H and O–H groups in total. The highest BCUT2D eigenvalue weighted by atomic mass is 32.2. The zero-order valence-corrected chi connectivity index (χ0v) is 13.6. The number of aromatic carboxylic acids is 1. The van der Waals surface area contributed by atoms with Crippen molar-refractivity contribution in [1.82, 2.24) is 0 Å². The Hall–Kier alpha value is -2.06. The maximum Gasteiger partial charge on any atom is 0.339 e. The van der Waals surface area contributed by atoms with Crippen LogP contribution in [-0.2, 0) is 10.0 Å². The average molecular weight is 341 g/mol. The minimum Gasteiger partial charge on any atom is -0.488 e. The molecule has 0 fully saturated rings. The van der Waals surface area contributed by atoms with Crippen LogP contribution in [0.5, 0.6) is 5.75 Å². The van der Waals surface area contributed by atoms with Crippen LogP contribution in [0.25, 0.3) is 0 Å². The van der Waals surface area contributed by atoms with E-state index in [2.05, 4.69) is 4.72 Å². The molecule has 0 bridgehead atoms. The fourth-order valence-corrected chi connectivity index (χ4v) is 3.82. The predicted octanol–water partition coefficient (Wildman–Crippen LogP) is 3.03. The molecule has 0 aliphatic rings. The molecule has 0 radical (unpaired) electrons. The van der Waals surface area contributed by atoms with Crippen molar-refractivity contribution in [2.24, 2.45) is 0 Å². The summed E-state index contributed by atoms with van der Waals surface area (Å²) >= 11 is 1.07. The summed E-state index contributed by atoms with van der Waals surface area (Å²) in [5, 5.41) is 10.9. The highest BCUT2D eigenvalue weighted by Gasteiger charge is 2.22. The molecule has 22 heavy (non-hydrogen) atoms. The third-order valence-corrected chi connectivity index (χ3v) is 5.37. The highest BCUT2D eigenvalue weighted by Crippen LogP contribution is 2.32. The third-order valence-electron chi connectivity index (χ3n) is 2.60. The summed E-state index contributed by atoms with van der Waals surface area (Å²) in [7, 11) is -3.78. The molecule has 0 spiro atoms. The van der Waals surface area contributed by atoms with E-state index in [-0.39, 0.29) is 27.3 Å². The molecule has 2 rings (SSSR count). The smallest absolute Gasteiger partial charge is 0.339 e. The Morgan fingerprint density at radius 3 is 2.55 bits per heavy atom. The molecule has 0 aliphatic carbocycles. The summed E-state index contributed by atoms with van der Waals surface area (Å²) in [6.45, 7) is 3.46.